The number of hydrogen-bond acceptors (Lipinski definition) is 4. The molecule has 116 valence electrons. The van der Waals surface area contributed by atoms with E-state index in [1.807, 2.05) is 0 Å². The van der Waals surface area contributed by atoms with E-state index in [2.05, 4.69) is 26.8 Å². The largest absolute Gasteiger partial charge is 0.489 e. The summed E-state index contributed by atoms with van der Waals surface area (Å²) in [5, 5.41) is 0. The minimum atomic E-state index is -0.0887. The van der Waals surface area contributed by atoms with Crippen molar-refractivity contribution in [1.82, 2.24) is 15.4 Å². The molecule has 0 atom stereocenters. The van der Waals surface area contributed by atoms with Crippen molar-refractivity contribution in [3.63, 3.8) is 0 Å². The average Bonchev–Trinajstić information content (AvgIpc) is 2.44. The molecular formula is C14H20BrN3O3. The third-order valence-electron chi connectivity index (χ3n) is 3.56. The Morgan fingerprint density at radius 3 is 2.67 bits per heavy atom. The number of aromatic nitrogens is 1. The van der Waals surface area contributed by atoms with Gasteiger partial charge in [-0.05, 0) is 41.6 Å². The van der Waals surface area contributed by atoms with Crippen LogP contribution in [0.25, 0.3) is 0 Å². The highest BCUT2D eigenvalue weighted by molar-refractivity contribution is 9.10. The fourth-order valence-corrected chi connectivity index (χ4v) is 2.89. The molecule has 1 aliphatic carbocycles. The number of carbonyl (C=O) groups is 1. The highest BCUT2D eigenvalue weighted by Gasteiger charge is 2.23. The number of hydrazine groups is 1. The molecule has 2 rings (SSSR count). The number of hydrogen-bond donors (Lipinski definition) is 2. The van der Waals surface area contributed by atoms with Crippen molar-refractivity contribution in [3.8, 4) is 5.75 Å². The SMILES string of the molecule is CC(=O)NNC1CCC(Oc2cc(=O)n(C)cc2Br)CC1. The maximum Gasteiger partial charge on any atom is 0.254 e. The molecule has 1 aliphatic rings. The predicted molar refractivity (Wildman–Crippen MR) is 83.0 cm³/mol. The molecule has 0 saturated heterocycles. The van der Waals surface area contributed by atoms with E-state index >= 15 is 0 Å². The molecule has 1 aromatic rings. The van der Waals surface area contributed by atoms with E-state index in [0.717, 1.165) is 30.2 Å². The van der Waals surface area contributed by atoms with Crippen molar-refractivity contribution < 1.29 is 9.53 Å². The van der Waals surface area contributed by atoms with E-state index in [9.17, 15) is 9.59 Å². The second-order valence-electron chi connectivity index (χ2n) is 5.35. The third kappa shape index (κ3) is 4.57. The zero-order valence-electron chi connectivity index (χ0n) is 12.2. The highest BCUT2D eigenvalue weighted by atomic mass is 79.9. The van der Waals surface area contributed by atoms with Crippen LogP contribution in [0.5, 0.6) is 5.75 Å². The topological polar surface area (TPSA) is 72.4 Å². The van der Waals surface area contributed by atoms with E-state index in [-0.39, 0.29) is 23.6 Å². The Morgan fingerprint density at radius 2 is 2.05 bits per heavy atom. The number of nitrogens with one attached hydrogen (secondary N) is 2. The van der Waals surface area contributed by atoms with Crippen LogP contribution < -0.4 is 21.1 Å². The molecular weight excluding hydrogens is 338 g/mol. The monoisotopic (exact) mass is 357 g/mol. The van der Waals surface area contributed by atoms with Crippen molar-refractivity contribution in [2.24, 2.45) is 7.05 Å². The number of amides is 1. The Kier molecular flexibility index (Phi) is 5.41. The molecule has 0 radical (unpaired) electrons. The van der Waals surface area contributed by atoms with Gasteiger partial charge in [-0.3, -0.25) is 15.0 Å². The quantitative estimate of drug-likeness (QED) is 0.800. The summed E-state index contributed by atoms with van der Waals surface area (Å²) >= 11 is 3.42. The summed E-state index contributed by atoms with van der Waals surface area (Å²) < 4.78 is 8.21. The highest BCUT2D eigenvalue weighted by Crippen LogP contribution is 2.28. The normalized spacial score (nSPS) is 21.9. The zero-order chi connectivity index (χ0) is 15.4. The summed E-state index contributed by atoms with van der Waals surface area (Å²) in [5.41, 5.74) is 5.55. The molecule has 6 nitrogen and oxygen atoms in total. The molecule has 1 aromatic heterocycles. The van der Waals surface area contributed by atoms with Gasteiger partial charge in [0, 0.05) is 32.3 Å². The van der Waals surface area contributed by atoms with Gasteiger partial charge >= 0.3 is 0 Å². The number of nitrogens with zero attached hydrogens (tertiary/aromatic N) is 1. The van der Waals surface area contributed by atoms with Crippen LogP contribution in [0.3, 0.4) is 0 Å². The number of ether oxygens (including phenoxy) is 1. The molecule has 0 bridgehead atoms. The van der Waals surface area contributed by atoms with E-state index in [0.29, 0.717) is 5.75 Å². The van der Waals surface area contributed by atoms with Crippen LogP contribution >= 0.6 is 15.9 Å². The molecule has 1 fully saturated rings. The van der Waals surface area contributed by atoms with Crippen LogP contribution in [-0.2, 0) is 11.8 Å². The fourth-order valence-electron chi connectivity index (χ4n) is 2.38. The molecule has 1 heterocycles. The van der Waals surface area contributed by atoms with Gasteiger partial charge in [-0.2, -0.15) is 0 Å². The second-order valence-corrected chi connectivity index (χ2v) is 6.21. The third-order valence-corrected chi connectivity index (χ3v) is 4.16. The van der Waals surface area contributed by atoms with Gasteiger partial charge in [0.15, 0.2) is 0 Å². The molecule has 0 unspecified atom stereocenters. The number of carbonyl (C=O) groups excluding carboxylic acids is 1. The van der Waals surface area contributed by atoms with E-state index in [1.54, 1.807) is 13.2 Å². The van der Waals surface area contributed by atoms with E-state index in [1.165, 1.54) is 17.6 Å². The van der Waals surface area contributed by atoms with Crippen molar-refractivity contribution in [3.05, 3.63) is 27.1 Å². The Hall–Kier alpha value is -1.34. The smallest absolute Gasteiger partial charge is 0.254 e. The van der Waals surface area contributed by atoms with Gasteiger partial charge in [0.1, 0.15) is 5.75 Å². The van der Waals surface area contributed by atoms with Crippen molar-refractivity contribution in [2.75, 3.05) is 0 Å². The maximum atomic E-state index is 11.6. The zero-order valence-corrected chi connectivity index (χ0v) is 13.8. The lowest BCUT2D eigenvalue weighted by atomic mass is 9.93. The standard InChI is InChI=1S/C14H20BrN3O3/c1-9(19)16-17-10-3-5-11(6-4-10)21-13-7-14(20)18(2)8-12(13)15/h7-8,10-11,17H,3-6H2,1-2H3,(H,16,19). The first-order valence-corrected chi connectivity index (χ1v) is 7.80. The molecule has 7 heteroatoms. The van der Waals surface area contributed by atoms with Gasteiger partial charge in [0.05, 0.1) is 10.6 Å². The molecule has 21 heavy (non-hydrogen) atoms. The Bertz CT molecular complexity index is 565. The number of pyridine rings is 1. The lowest BCUT2D eigenvalue weighted by molar-refractivity contribution is -0.120. The molecule has 0 spiro atoms. The van der Waals surface area contributed by atoms with Gasteiger partial charge < -0.3 is 9.30 Å². The predicted octanol–water partition coefficient (Wildman–Crippen LogP) is 1.48. The maximum absolute atomic E-state index is 11.6. The minimum Gasteiger partial charge on any atom is -0.489 e. The molecule has 1 saturated carbocycles. The van der Waals surface area contributed by atoms with Crippen LogP contribution in [0.1, 0.15) is 32.6 Å². The molecule has 0 aromatic carbocycles. The minimum absolute atomic E-state index is 0.0857. The molecule has 1 amide bonds. The summed E-state index contributed by atoms with van der Waals surface area (Å²) in [6, 6.07) is 1.78. The molecule has 0 aliphatic heterocycles. The lowest BCUT2D eigenvalue weighted by Gasteiger charge is -2.29. The number of rotatable bonds is 4. The van der Waals surface area contributed by atoms with Crippen molar-refractivity contribution in [1.29, 1.82) is 0 Å². The number of halogens is 1. The van der Waals surface area contributed by atoms with Crippen LogP contribution in [0.2, 0.25) is 0 Å². The van der Waals surface area contributed by atoms with Gasteiger partial charge in [-0.25, -0.2) is 5.43 Å². The van der Waals surface area contributed by atoms with Crippen LogP contribution in [-0.4, -0.2) is 22.6 Å². The van der Waals surface area contributed by atoms with Gasteiger partial charge in [-0.15, -0.1) is 0 Å². The summed E-state index contributed by atoms with van der Waals surface area (Å²) in [5.74, 6) is 0.508. The van der Waals surface area contributed by atoms with Gasteiger partial charge in [0.25, 0.3) is 5.56 Å². The lowest BCUT2D eigenvalue weighted by Crippen LogP contribution is -2.45. The first kappa shape index (κ1) is 16.0. The van der Waals surface area contributed by atoms with Crippen molar-refractivity contribution in [2.45, 2.75) is 44.8 Å². The first-order valence-electron chi connectivity index (χ1n) is 7.00. The summed E-state index contributed by atoms with van der Waals surface area (Å²) in [6.07, 6.45) is 5.43. The van der Waals surface area contributed by atoms with Crippen molar-refractivity contribution >= 4 is 21.8 Å². The first-order chi connectivity index (χ1) is 9.95. The summed E-state index contributed by atoms with van der Waals surface area (Å²) in [6.45, 7) is 1.48. The van der Waals surface area contributed by atoms with Crippen LogP contribution in [0.15, 0.2) is 21.5 Å². The summed E-state index contributed by atoms with van der Waals surface area (Å²) in [7, 11) is 1.70. The summed E-state index contributed by atoms with van der Waals surface area (Å²) in [4.78, 5) is 22.5. The van der Waals surface area contributed by atoms with Crippen LogP contribution in [0.4, 0.5) is 0 Å². The average molecular weight is 358 g/mol. The van der Waals surface area contributed by atoms with Gasteiger partial charge in [0.2, 0.25) is 5.91 Å². The Balaban J connectivity index is 1.88. The molecule has 2 N–H and O–H groups in total. The van der Waals surface area contributed by atoms with E-state index < -0.39 is 0 Å². The van der Waals surface area contributed by atoms with Gasteiger partial charge in [-0.1, -0.05) is 0 Å². The second kappa shape index (κ2) is 7.09. The number of aryl methyl sites for hydroxylation is 1. The Morgan fingerprint density at radius 1 is 1.38 bits per heavy atom. The van der Waals surface area contributed by atoms with E-state index in [4.69, 9.17) is 4.74 Å². The fraction of sp³-hybridized carbons (Fsp3) is 0.571. The van der Waals surface area contributed by atoms with Crippen LogP contribution in [0, 0.1) is 0 Å². The Labute approximate surface area is 132 Å².